The maximum atomic E-state index is 13.8. The number of methoxy groups -OCH3 is 2. The molecule has 2 heterocycles. The molecular formula is C28H24ClN3O3. The van der Waals surface area contributed by atoms with Gasteiger partial charge in [-0.25, -0.2) is 4.98 Å². The summed E-state index contributed by atoms with van der Waals surface area (Å²) in [5.41, 5.74) is 5.42. The minimum Gasteiger partial charge on any atom is -0.493 e. The Hall–Kier alpha value is -3.77. The molecule has 1 aliphatic carbocycles. The molecule has 0 radical (unpaired) electrons. The van der Waals surface area contributed by atoms with E-state index in [4.69, 9.17) is 26.1 Å². The van der Waals surface area contributed by atoms with Crippen molar-refractivity contribution in [1.82, 2.24) is 9.55 Å². The number of Topliss-reactive ketones (excluding diaryl/α,β-unsaturated/α-hetero) is 1. The van der Waals surface area contributed by atoms with Gasteiger partial charge in [0.15, 0.2) is 17.3 Å². The van der Waals surface area contributed by atoms with Gasteiger partial charge in [0, 0.05) is 22.7 Å². The van der Waals surface area contributed by atoms with Crippen molar-refractivity contribution < 1.29 is 14.3 Å². The Morgan fingerprint density at radius 1 is 0.971 bits per heavy atom. The van der Waals surface area contributed by atoms with Crippen molar-refractivity contribution in [1.29, 1.82) is 0 Å². The number of hydrogen-bond acceptors (Lipinski definition) is 5. The number of benzene rings is 3. The van der Waals surface area contributed by atoms with Crippen LogP contribution in [0.5, 0.6) is 11.5 Å². The lowest BCUT2D eigenvalue weighted by Crippen LogP contribution is -2.33. The maximum Gasteiger partial charge on any atom is 0.209 e. The molecule has 2 aliphatic rings. The van der Waals surface area contributed by atoms with Crippen LogP contribution in [0.4, 0.5) is 5.95 Å². The molecule has 35 heavy (non-hydrogen) atoms. The number of nitrogens with one attached hydrogen (secondary N) is 1. The number of rotatable bonds is 4. The van der Waals surface area contributed by atoms with Gasteiger partial charge in [0.05, 0.1) is 31.3 Å². The third-order valence-corrected chi connectivity index (χ3v) is 7.32. The van der Waals surface area contributed by atoms with E-state index >= 15 is 0 Å². The van der Waals surface area contributed by atoms with E-state index in [1.165, 1.54) is 0 Å². The Labute approximate surface area is 208 Å². The van der Waals surface area contributed by atoms with E-state index in [0.717, 1.165) is 39.4 Å². The summed E-state index contributed by atoms with van der Waals surface area (Å²) in [7, 11) is 3.24. The SMILES string of the molecule is COc1ccc([C@H]2CC(=O)C3=C(C2)Nc2nc4ccccc4n2[C@H]3c2ccccc2Cl)cc1OC. The number of allylic oxidation sites excluding steroid dienone is 2. The lowest BCUT2D eigenvalue weighted by Gasteiger charge is -2.36. The molecule has 1 aliphatic heterocycles. The van der Waals surface area contributed by atoms with Gasteiger partial charge < -0.3 is 14.8 Å². The van der Waals surface area contributed by atoms with Gasteiger partial charge in [0.2, 0.25) is 5.95 Å². The predicted molar refractivity (Wildman–Crippen MR) is 137 cm³/mol. The fraction of sp³-hybridized carbons (Fsp3) is 0.214. The molecule has 0 amide bonds. The standard InChI is InChI=1S/C28H24ClN3O3/c1-34-24-12-11-16(15-25(24)35-2)17-13-21-26(23(33)14-17)27(18-7-3-4-8-19(18)29)32-22-10-6-5-9-20(22)30-28(32)31-21/h3-12,15,17,27H,13-14H2,1-2H3,(H,30,31)/t17-,27+/m1/s1. The highest BCUT2D eigenvalue weighted by Crippen LogP contribution is 2.47. The summed E-state index contributed by atoms with van der Waals surface area (Å²) in [6.45, 7) is 0. The van der Waals surface area contributed by atoms with Crippen molar-refractivity contribution in [3.8, 4) is 11.5 Å². The Morgan fingerprint density at radius 3 is 2.54 bits per heavy atom. The lowest BCUT2D eigenvalue weighted by molar-refractivity contribution is -0.116. The van der Waals surface area contributed by atoms with Crippen molar-refractivity contribution in [3.05, 3.63) is 94.1 Å². The van der Waals surface area contributed by atoms with Crippen molar-refractivity contribution in [3.63, 3.8) is 0 Å². The van der Waals surface area contributed by atoms with Gasteiger partial charge in [-0.05, 0) is 53.8 Å². The molecule has 3 aromatic carbocycles. The summed E-state index contributed by atoms with van der Waals surface area (Å²) in [6.07, 6.45) is 1.08. The normalized spacial score (nSPS) is 19.2. The summed E-state index contributed by atoms with van der Waals surface area (Å²) in [6, 6.07) is 21.2. The fourth-order valence-corrected chi connectivity index (χ4v) is 5.60. The molecule has 0 bridgehead atoms. The maximum absolute atomic E-state index is 13.8. The number of imidazole rings is 1. The lowest BCUT2D eigenvalue weighted by atomic mass is 9.77. The molecule has 6 rings (SSSR count). The summed E-state index contributed by atoms with van der Waals surface area (Å²) in [4.78, 5) is 18.7. The van der Waals surface area contributed by atoms with E-state index in [-0.39, 0.29) is 17.7 Å². The minimum atomic E-state index is -0.346. The molecule has 0 fully saturated rings. The topological polar surface area (TPSA) is 65.4 Å². The molecule has 0 spiro atoms. The quantitative estimate of drug-likeness (QED) is 0.377. The molecule has 6 nitrogen and oxygen atoms in total. The number of fused-ring (bicyclic) bond motifs is 3. The average molecular weight is 486 g/mol. The third-order valence-electron chi connectivity index (χ3n) is 6.98. The number of ketones is 1. The van der Waals surface area contributed by atoms with Crippen LogP contribution in [-0.4, -0.2) is 29.6 Å². The van der Waals surface area contributed by atoms with Gasteiger partial charge in [0.25, 0.3) is 0 Å². The highest BCUT2D eigenvalue weighted by molar-refractivity contribution is 6.31. The van der Waals surface area contributed by atoms with Gasteiger partial charge in [-0.15, -0.1) is 0 Å². The number of hydrogen-bond donors (Lipinski definition) is 1. The molecule has 4 aromatic rings. The molecule has 2 atom stereocenters. The van der Waals surface area contributed by atoms with E-state index in [1.54, 1.807) is 14.2 Å². The molecule has 0 saturated heterocycles. The Morgan fingerprint density at radius 2 is 1.74 bits per heavy atom. The van der Waals surface area contributed by atoms with Crippen LogP contribution in [0, 0.1) is 0 Å². The zero-order valence-electron chi connectivity index (χ0n) is 19.4. The number of nitrogens with zero attached hydrogens (tertiary/aromatic N) is 2. The van der Waals surface area contributed by atoms with Crippen LogP contribution in [-0.2, 0) is 4.79 Å². The van der Waals surface area contributed by atoms with Crippen LogP contribution in [0.25, 0.3) is 11.0 Å². The number of anilines is 1. The zero-order valence-corrected chi connectivity index (χ0v) is 20.2. The van der Waals surface area contributed by atoms with Crippen LogP contribution < -0.4 is 14.8 Å². The number of aromatic nitrogens is 2. The summed E-state index contributed by atoms with van der Waals surface area (Å²) in [5.74, 6) is 2.16. The van der Waals surface area contributed by atoms with Crippen molar-refractivity contribution in [2.75, 3.05) is 19.5 Å². The monoisotopic (exact) mass is 485 g/mol. The summed E-state index contributed by atoms with van der Waals surface area (Å²) in [5, 5.41) is 4.13. The van der Waals surface area contributed by atoms with E-state index < -0.39 is 0 Å². The van der Waals surface area contributed by atoms with E-state index in [2.05, 4.69) is 9.88 Å². The first-order chi connectivity index (χ1) is 17.1. The second-order valence-corrected chi connectivity index (χ2v) is 9.29. The number of ether oxygens (including phenoxy) is 2. The molecule has 0 unspecified atom stereocenters. The Balaban J connectivity index is 1.49. The third kappa shape index (κ3) is 3.48. The highest BCUT2D eigenvalue weighted by Gasteiger charge is 2.40. The molecule has 7 heteroatoms. The largest absolute Gasteiger partial charge is 0.493 e. The molecule has 1 N–H and O–H groups in total. The molecule has 1 aromatic heterocycles. The number of carbonyl (C=O) groups is 1. The zero-order chi connectivity index (χ0) is 24.1. The molecule has 0 saturated carbocycles. The minimum absolute atomic E-state index is 0.0105. The second kappa shape index (κ2) is 8.47. The summed E-state index contributed by atoms with van der Waals surface area (Å²) < 4.78 is 13.0. The van der Waals surface area contributed by atoms with Crippen LogP contribution in [0.2, 0.25) is 5.02 Å². The van der Waals surface area contributed by atoms with Gasteiger partial charge in [-0.3, -0.25) is 9.36 Å². The van der Waals surface area contributed by atoms with Crippen LogP contribution in [0.15, 0.2) is 78.0 Å². The van der Waals surface area contributed by atoms with Gasteiger partial charge in [-0.1, -0.05) is 48.0 Å². The van der Waals surface area contributed by atoms with Crippen LogP contribution in [0.1, 0.15) is 35.9 Å². The van der Waals surface area contributed by atoms with Crippen LogP contribution >= 0.6 is 11.6 Å². The first kappa shape index (κ1) is 21.7. The van der Waals surface area contributed by atoms with E-state index in [9.17, 15) is 4.79 Å². The number of para-hydroxylation sites is 2. The Bertz CT molecular complexity index is 1510. The Kier molecular flexibility index (Phi) is 5.26. The summed E-state index contributed by atoms with van der Waals surface area (Å²) >= 11 is 6.69. The number of carbonyl (C=O) groups excluding carboxylic acids is 1. The average Bonchev–Trinajstić information content (AvgIpc) is 3.25. The van der Waals surface area contributed by atoms with Crippen molar-refractivity contribution in [2.24, 2.45) is 0 Å². The van der Waals surface area contributed by atoms with Gasteiger partial charge in [-0.2, -0.15) is 0 Å². The predicted octanol–water partition coefficient (Wildman–Crippen LogP) is 6.12. The van der Waals surface area contributed by atoms with Gasteiger partial charge >= 0.3 is 0 Å². The molecule has 176 valence electrons. The van der Waals surface area contributed by atoms with Crippen molar-refractivity contribution >= 4 is 34.4 Å². The second-order valence-electron chi connectivity index (χ2n) is 8.88. The number of halogens is 1. The fourth-order valence-electron chi connectivity index (χ4n) is 5.36. The first-order valence-corrected chi connectivity index (χ1v) is 11.9. The highest BCUT2D eigenvalue weighted by atomic mass is 35.5. The van der Waals surface area contributed by atoms with Gasteiger partial charge in [0.1, 0.15) is 0 Å². The first-order valence-electron chi connectivity index (χ1n) is 11.6. The molecular weight excluding hydrogens is 462 g/mol. The van der Waals surface area contributed by atoms with Crippen molar-refractivity contribution in [2.45, 2.75) is 24.8 Å². The van der Waals surface area contributed by atoms with E-state index in [1.807, 2.05) is 66.7 Å². The van der Waals surface area contributed by atoms with Crippen LogP contribution in [0.3, 0.4) is 0 Å². The van der Waals surface area contributed by atoms with E-state index in [0.29, 0.717) is 29.4 Å². The smallest absolute Gasteiger partial charge is 0.209 e.